The molecule has 0 heterocycles. The van der Waals surface area contributed by atoms with Crippen molar-refractivity contribution in [3.8, 4) is 0 Å². The summed E-state index contributed by atoms with van der Waals surface area (Å²) in [7, 11) is 1.25. The van der Waals surface area contributed by atoms with Crippen LogP contribution < -0.4 is 16.0 Å². The molecule has 0 spiro atoms. The number of nitrogens with one attached hydrogen (secondary N) is 3. The standard InChI is InChI=1S/C21H25N3O4/c1-3-15(16-7-5-4-6-8-16)13-23-21(27)24-18-11-9-17(10-12-18)20(26)22-14-19(25)28-2/h4-12,15H,3,13-14H2,1-2H3,(H,22,26)(H2,23,24,27)/t15-/m1/s1. The Morgan fingerprint density at radius 2 is 1.64 bits per heavy atom. The first-order valence-electron chi connectivity index (χ1n) is 9.08. The Morgan fingerprint density at radius 1 is 0.964 bits per heavy atom. The predicted molar refractivity (Wildman–Crippen MR) is 107 cm³/mol. The second-order valence-electron chi connectivity index (χ2n) is 6.19. The SMILES string of the molecule is CC[C@H](CNC(=O)Nc1ccc(C(=O)NCC(=O)OC)cc1)c1ccccc1. The van der Waals surface area contributed by atoms with E-state index in [4.69, 9.17) is 0 Å². The van der Waals surface area contributed by atoms with E-state index in [9.17, 15) is 14.4 Å². The summed E-state index contributed by atoms with van der Waals surface area (Å²) in [6.45, 7) is 2.42. The van der Waals surface area contributed by atoms with Gasteiger partial charge in [-0.1, -0.05) is 37.3 Å². The van der Waals surface area contributed by atoms with E-state index in [0.717, 1.165) is 6.42 Å². The van der Waals surface area contributed by atoms with Crippen LogP contribution in [0.15, 0.2) is 54.6 Å². The minimum Gasteiger partial charge on any atom is -0.468 e. The van der Waals surface area contributed by atoms with Gasteiger partial charge in [-0.3, -0.25) is 9.59 Å². The highest BCUT2D eigenvalue weighted by molar-refractivity contribution is 5.96. The number of ether oxygens (including phenoxy) is 1. The molecule has 0 saturated carbocycles. The Balaban J connectivity index is 1.83. The number of carbonyl (C=O) groups is 3. The molecule has 7 nitrogen and oxygen atoms in total. The van der Waals surface area contributed by atoms with Crippen molar-refractivity contribution in [1.82, 2.24) is 10.6 Å². The van der Waals surface area contributed by atoms with Gasteiger partial charge in [0, 0.05) is 23.7 Å². The van der Waals surface area contributed by atoms with Crippen molar-refractivity contribution >= 4 is 23.6 Å². The van der Waals surface area contributed by atoms with E-state index in [0.29, 0.717) is 17.8 Å². The zero-order chi connectivity index (χ0) is 20.4. The number of hydrogen-bond acceptors (Lipinski definition) is 4. The molecule has 3 N–H and O–H groups in total. The lowest BCUT2D eigenvalue weighted by Gasteiger charge is -2.16. The molecule has 2 aromatic carbocycles. The van der Waals surface area contributed by atoms with E-state index in [-0.39, 0.29) is 18.5 Å². The molecular weight excluding hydrogens is 358 g/mol. The Morgan fingerprint density at radius 3 is 2.25 bits per heavy atom. The summed E-state index contributed by atoms with van der Waals surface area (Å²) < 4.78 is 4.47. The summed E-state index contributed by atoms with van der Waals surface area (Å²) in [6.07, 6.45) is 0.916. The Bertz CT molecular complexity index is 791. The number of amides is 3. The fraction of sp³-hybridized carbons (Fsp3) is 0.286. The second-order valence-corrected chi connectivity index (χ2v) is 6.19. The van der Waals surface area contributed by atoms with Crippen LogP contribution in [0.3, 0.4) is 0 Å². The molecule has 0 saturated heterocycles. The number of esters is 1. The van der Waals surface area contributed by atoms with Crippen molar-refractivity contribution in [3.63, 3.8) is 0 Å². The molecule has 2 aromatic rings. The molecule has 0 aliphatic carbocycles. The minimum absolute atomic E-state index is 0.197. The molecule has 0 radical (unpaired) electrons. The van der Waals surface area contributed by atoms with Crippen LogP contribution in [0.4, 0.5) is 10.5 Å². The van der Waals surface area contributed by atoms with Gasteiger partial charge in [-0.25, -0.2) is 4.79 Å². The van der Waals surface area contributed by atoms with Crippen molar-refractivity contribution in [3.05, 3.63) is 65.7 Å². The number of carbonyl (C=O) groups excluding carboxylic acids is 3. The van der Waals surface area contributed by atoms with Gasteiger partial charge in [0.15, 0.2) is 0 Å². The van der Waals surface area contributed by atoms with Gasteiger partial charge >= 0.3 is 12.0 Å². The van der Waals surface area contributed by atoms with E-state index in [1.165, 1.54) is 12.7 Å². The molecule has 0 unspecified atom stereocenters. The first-order valence-corrected chi connectivity index (χ1v) is 9.08. The molecule has 0 aromatic heterocycles. The van der Waals surface area contributed by atoms with Gasteiger partial charge in [0.05, 0.1) is 7.11 Å². The maximum Gasteiger partial charge on any atom is 0.325 e. The van der Waals surface area contributed by atoms with Crippen LogP contribution in [-0.4, -0.2) is 38.1 Å². The molecule has 3 amide bonds. The Hall–Kier alpha value is -3.35. The van der Waals surface area contributed by atoms with Gasteiger partial charge in [-0.05, 0) is 36.2 Å². The third-order valence-electron chi connectivity index (χ3n) is 4.30. The van der Waals surface area contributed by atoms with Gasteiger partial charge in [-0.2, -0.15) is 0 Å². The van der Waals surface area contributed by atoms with Crippen molar-refractivity contribution in [1.29, 1.82) is 0 Å². The van der Waals surface area contributed by atoms with Gasteiger partial charge in [0.1, 0.15) is 6.54 Å². The van der Waals surface area contributed by atoms with E-state index in [2.05, 4.69) is 39.7 Å². The summed E-state index contributed by atoms with van der Waals surface area (Å²) in [6, 6.07) is 16.1. The summed E-state index contributed by atoms with van der Waals surface area (Å²) in [4.78, 5) is 35.1. The fourth-order valence-electron chi connectivity index (χ4n) is 2.65. The summed E-state index contributed by atoms with van der Waals surface area (Å²) in [5, 5.41) is 8.07. The molecule has 7 heteroatoms. The van der Waals surface area contributed by atoms with Crippen molar-refractivity contribution in [2.75, 3.05) is 25.5 Å². The number of hydrogen-bond donors (Lipinski definition) is 3. The molecule has 1 atom stereocenters. The van der Waals surface area contributed by atoms with Gasteiger partial charge in [-0.15, -0.1) is 0 Å². The second kappa shape index (κ2) is 10.7. The minimum atomic E-state index is -0.524. The normalized spacial score (nSPS) is 11.2. The Labute approximate surface area is 164 Å². The molecule has 0 fully saturated rings. The monoisotopic (exact) mass is 383 g/mol. The maximum atomic E-state index is 12.1. The number of benzene rings is 2. The third kappa shape index (κ3) is 6.42. The highest BCUT2D eigenvalue weighted by atomic mass is 16.5. The first-order chi connectivity index (χ1) is 13.5. The Kier molecular flexibility index (Phi) is 8.02. The number of urea groups is 1. The van der Waals surface area contributed by atoms with Gasteiger partial charge in [0.25, 0.3) is 5.91 Å². The molecule has 0 bridgehead atoms. The lowest BCUT2D eigenvalue weighted by atomic mass is 9.97. The molecule has 0 aliphatic heterocycles. The molecule has 2 rings (SSSR count). The van der Waals surface area contributed by atoms with Crippen LogP contribution >= 0.6 is 0 Å². The molecular formula is C21H25N3O4. The quantitative estimate of drug-likeness (QED) is 0.611. The van der Waals surface area contributed by atoms with Crippen LogP contribution in [0.2, 0.25) is 0 Å². The topological polar surface area (TPSA) is 96.5 Å². The number of anilines is 1. The van der Waals surface area contributed by atoms with Crippen LogP contribution in [0.25, 0.3) is 0 Å². The largest absolute Gasteiger partial charge is 0.468 e. The number of methoxy groups -OCH3 is 1. The maximum absolute atomic E-state index is 12.1. The first kappa shape index (κ1) is 21.0. The summed E-state index contributed by atoms with van der Waals surface area (Å²) >= 11 is 0. The average Bonchev–Trinajstić information content (AvgIpc) is 2.73. The zero-order valence-electron chi connectivity index (χ0n) is 16.0. The lowest BCUT2D eigenvalue weighted by molar-refractivity contribution is -0.139. The summed E-state index contributed by atoms with van der Waals surface area (Å²) in [5.41, 5.74) is 2.13. The third-order valence-corrected chi connectivity index (χ3v) is 4.30. The van der Waals surface area contributed by atoms with E-state index in [1.54, 1.807) is 24.3 Å². The predicted octanol–water partition coefficient (Wildman–Crippen LogP) is 2.90. The van der Waals surface area contributed by atoms with Crippen molar-refractivity contribution < 1.29 is 19.1 Å². The van der Waals surface area contributed by atoms with Crippen molar-refractivity contribution in [2.24, 2.45) is 0 Å². The van der Waals surface area contributed by atoms with E-state index < -0.39 is 11.9 Å². The van der Waals surface area contributed by atoms with Gasteiger partial charge in [0.2, 0.25) is 0 Å². The van der Waals surface area contributed by atoms with Crippen molar-refractivity contribution in [2.45, 2.75) is 19.3 Å². The van der Waals surface area contributed by atoms with Crippen LogP contribution in [0.5, 0.6) is 0 Å². The van der Waals surface area contributed by atoms with Crippen LogP contribution in [0.1, 0.15) is 35.2 Å². The molecule has 148 valence electrons. The molecule has 28 heavy (non-hydrogen) atoms. The fourth-order valence-corrected chi connectivity index (χ4v) is 2.65. The van der Waals surface area contributed by atoms with E-state index in [1.807, 2.05) is 18.2 Å². The summed E-state index contributed by atoms with van der Waals surface area (Å²) in [5.74, 6) is -0.674. The number of rotatable bonds is 8. The molecule has 0 aliphatic rings. The van der Waals surface area contributed by atoms with Crippen LogP contribution in [-0.2, 0) is 9.53 Å². The smallest absolute Gasteiger partial charge is 0.325 e. The van der Waals surface area contributed by atoms with Crippen LogP contribution in [0, 0.1) is 0 Å². The zero-order valence-corrected chi connectivity index (χ0v) is 16.0. The van der Waals surface area contributed by atoms with Gasteiger partial charge < -0.3 is 20.7 Å². The lowest BCUT2D eigenvalue weighted by Crippen LogP contribution is -2.32. The average molecular weight is 383 g/mol. The highest BCUT2D eigenvalue weighted by Crippen LogP contribution is 2.18. The van der Waals surface area contributed by atoms with E-state index >= 15 is 0 Å². The highest BCUT2D eigenvalue weighted by Gasteiger charge is 2.11.